The Bertz CT molecular complexity index is 875. The lowest BCUT2D eigenvalue weighted by atomic mass is 10.0. The molecular formula is C26H38N2O7. The van der Waals surface area contributed by atoms with Crippen LogP contribution in [0.4, 0.5) is 0 Å². The highest BCUT2D eigenvalue weighted by molar-refractivity contribution is 5.88. The molecule has 2 amide bonds. The minimum absolute atomic E-state index is 0.00445. The third kappa shape index (κ3) is 11.1. The molecule has 0 aliphatic carbocycles. The van der Waals surface area contributed by atoms with E-state index in [1.54, 1.807) is 45.8 Å². The van der Waals surface area contributed by atoms with E-state index >= 15 is 0 Å². The summed E-state index contributed by atoms with van der Waals surface area (Å²) in [6.45, 7) is 11.2. The second-order valence-electron chi connectivity index (χ2n) is 9.23. The monoisotopic (exact) mass is 490 g/mol. The Balaban J connectivity index is 2.76. The Morgan fingerprint density at radius 2 is 1.74 bits per heavy atom. The number of carbonyl (C=O) groups excluding carboxylic acids is 4. The maximum absolute atomic E-state index is 12.9. The van der Waals surface area contributed by atoms with Crippen LogP contribution in [0.5, 0.6) is 5.75 Å². The molecule has 0 aliphatic rings. The van der Waals surface area contributed by atoms with Gasteiger partial charge in [-0.15, -0.1) is 6.58 Å². The van der Waals surface area contributed by atoms with E-state index in [-0.39, 0.29) is 25.2 Å². The molecule has 1 aromatic carbocycles. The van der Waals surface area contributed by atoms with Gasteiger partial charge in [-0.2, -0.15) is 0 Å². The highest BCUT2D eigenvalue weighted by atomic mass is 16.6. The van der Waals surface area contributed by atoms with Crippen LogP contribution in [-0.4, -0.2) is 61.1 Å². The van der Waals surface area contributed by atoms with Crippen LogP contribution in [0, 0.1) is 5.92 Å². The summed E-state index contributed by atoms with van der Waals surface area (Å²) in [5.74, 6) is -1.89. The van der Waals surface area contributed by atoms with Gasteiger partial charge in [0, 0.05) is 25.4 Å². The van der Waals surface area contributed by atoms with Crippen LogP contribution in [0.2, 0.25) is 0 Å². The van der Waals surface area contributed by atoms with Gasteiger partial charge in [-0.3, -0.25) is 14.4 Å². The van der Waals surface area contributed by atoms with Gasteiger partial charge in [0.1, 0.15) is 17.4 Å². The molecule has 0 saturated heterocycles. The predicted octanol–water partition coefficient (Wildman–Crippen LogP) is 3.02. The number of ether oxygens (including phenoxy) is 3. The highest BCUT2D eigenvalue weighted by Gasteiger charge is 2.28. The van der Waals surface area contributed by atoms with E-state index in [0.29, 0.717) is 18.8 Å². The molecule has 0 radical (unpaired) electrons. The third-order valence-electron chi connectivity index (χ3n) is 5.02. The lowest BCUT2D eigenvalue weighted by Gasteiger charge is -2.24. The Morgan fingerprint density at radius 1 is 1.11 bits per heavy atom. The van der Waals surface area contributed by atoms with Crippen molar-refractivity contribution in [1.29, 1.82) is 0 Å². The molecule has 0 unspecified atom stereocenters. The fourth-order valence-electron chi connectivity index (χ4n) is 3.22. The molecule has 0 fully saturated rings. The molecule has 0 aromatic heterocycles. The van der Waals surface area contributed by atoms with Crippen molar-refractivity contribution in [2.75, 3.05) is 20.8 Å². The summed E-state index contributed by atoms with van der Waals surface area (Å²) in [7, 11) is 2.79. The van der Waals surface area contributed by atoms with Crippen LogP contribution in [0.3, 0.4) is 0 Å². The molecule has 1 aromatic rings. The van der Waals surface area contributed by atoms with Crippen LogP contribution < -0.4 is 10.1 Å². The smallest absolute Gasteiger partial charge is 0.328 e. The molecule has 0 heterocycles. The topological polar surface area (TPSA) is 111 Å². The number of nitrogens with zero attached hydrogens (tertiary/aromatic N) is 1. The Kier molecular flexibility index (Phi) is 12.0. The molecule has 0 saturated carbocycles. The zero-order valence-corrected chi connectivity index (χ0v) is 21.6. The summed E-state index contributed by atoms with van der Waals surface area (Å²) in [5, 5.41) is 2.60. The van der Waals surface area contributed by atoms with Crippen molar-refractivity contribution < 1.29 is 33.4 Å². The third-order valence-corrected chi connectivity index (χ3v) is 5.02. The first kappa shape index (κ1) is 29.7. The summed E-state index contributed by atoms with van der Waals surface area (Å²) in [6, 6.07) is 6.33. The molecule has 2 atom stereocenters. The van der Waals surface area contributed by atoms with Crippen molar-refractivity contribution >= 4 is 23.8 Å². The van der Waals surface area contributed by atoms with Crippen LogP contribution in [0.1, 0.15) is 52.5 Å². The van der Waals surface area contributed by atoms with Gasteiger partial charge in [0.25, 0.3) is 0 Å². The van der Waals surface area contributed by atoms with Crippen molar-refractivity contribution in [2.24, 2.45) is 5.92 Å². The zero-order chi connectivity index (χ0) is 26.6. The summed E-state index contributed by atoms with van der Waals surface area (Å²) >= 11 is 0. The minimum Gasteiger partial charge on any atom is -0.497 e. The maximum atomic E-state index is 12.9. The zero-order valence-electron chi connectivity index (χ0n) is 21.6. The fraction of sp³-hybridized carbons (Fsp3) is 0.538. The van der Waals surface area contributed by atoms with Gasteiger partial charge in [-0.1, -0.05) is 25.1 Å². The molecule has 9 heteroatoms. The number of benzene rings is 1. The summed E-state index contributed by atoms with van der Waals surface area (Å²) in [4.78, 5) is 51.4. The van der Waals surface area contributed by atoms with E-state index in [2.05, 4.69) is 11.9 Å². The number of esters is 2. The van der Waals surface area contributed by atoms with Crippen LogP contribution >= 0.6 is 0 Å². The van der Waals surface area contributed by atoms with Gasteiger partial charge < -0.3 is 24.4 Å². The van der Waals surface area contributed by atoms with Gasteiger partial charge in [0.15, 0.2) is 0 Å². The number of methoxy groups -OCH3 is 2. The lowest BCUT2D eigenvalue weighted by Crippen LogP contribution is -2.45. The Labute approximate surface area is 207 Å². The standard InChI is InChI=1S/C26H38N2O7/c1-8-15-28(17-19-9-11-20(33-6)12-10-19)22(29)14-13-21(25(32)34-7)27-24(31)18(2)16-23(30)35-26(3,4)5/h8-12,18,21H,1,13-17H2,2-7H3,(H,27,31)/t18-,21-/m0/s1. The van der Waals surface area contributed by atoms with Crippen molar-refractivity contribution in [3.05, 3.63) is 42.5 Å². The maximum Gasteiger partial charge on any atom is 0.328 e. The number of nitrogens with one attached hydrogen (secondary N) is 1. The van der Waals surface area contributed by atoms with E-state index in [4.69, 9.17) is 14.2 Å². The highest BCUT2D eigenvalue weighted by Crippen LogP contribution is 2.15. The number of hydrogen-bond donors (Lipinski definition) is 1. The summed E-state index contributed by atoms with van der Waals surface area (Å²) in [5.41, 5.74) is 0.250. The quantitative estimate of drug-likeness (QED) is 0.334. The SMILES string of the molecule is C=CCN(Cc1ccc(OC)cc1)C(=O)CC[C@H](NC(=O)[C@@H](C)CC(=O)OC(C)(C)C)C(=O)OC. The van der Waals surface area contributed by atoms with Gasteiger partial charge >= 0.3 is 11.9 Å². The van der Waals surface area contributed by atoms with Gasteiger partial charge in [-0.05, 0) is 44.9 Å². The van der Waals surface area contributed by atoms with Gasteiger partial charge in [-0.25, -0.2) is 4.79 Å². The van der Waals surface area contributed by atoms with Crippen molar-refractivity contribution in [3.8, 4) is 5.75 Å². The molecule has 0 bridgehead atoms. The molecule has 1 N–H and O–H groups in total. The average molecular weight is 491 g/mol. The van der Waals surface area contributed by atoms with Crippen molar-refractivity contribution in [2.45, 2.75) is 65.1 Å². The van der Waals surface area contributed by atoms with Gasteiger partial charge in [0.2, 0.25) is 11.8 Å². The van der Waals surface area contributed by atoms with E-state index in [1.807, 2.05) is 24.3 Å². The molecule has 1 rings (SSSR count). The second kappa shape index (κ2) is 14.1. The Hall–Kier alpha value is -3.36. The van der Waals surface area contributed by atoms with E-state index < -0.39 is 35.4 Å². The summed E-state index contributed by atoms with van der Waals surface area (Å²) in [6.07, 6.45) is 1.54. The second-order valence-corrected chi connectivity index (χ2v) is 9.23. The Morgan fingerprint density at radius 3 is 2.26 bits per heavy atom. The molecule has 35 heavy (non-hydrogen) atoms. The molecule has 0 aliphatic heterocycles. The number of carbonyl (C=O) groups is 4. The first-order valence-corrected chi connectivity index (χ1v) is 11.5. The largest absolute Gasteiger partial charge is 0.497 e. The van der Waals surface area contributed by atoms with Gasteiger partial charge in [0.05, 0.1) is 20.6 Å². The molecule has 194 valence electrons. The van der Waals surface area contributed by atoms with E-state index in [0.717, 1.165) is 5.56 Å². The van der Waals surface area contributed by atoms with Crippen LogP contribution in [-0.2, 0) is 35.2 Å². The first-order chi connectivity index (χ1) is 16.4. The van der Waals surface area contributed by atoms with Crippen molar-refractivity contribution in [1.82, 2.24) is 10.2 Å². The number of hydrogen-bond acceptors (Lipinski definition) is 7. The van der Waals surface area contributed by atoms with E-state index in [1.165, 1.54) is 7.11 Å². The minimum atomic E-state index is -1.02. The normalized spacial score (nSPS) is 12.6. The predicted molar refractivity (Wildman–Crippen MR) is 131 cm³/mol. The van der Waals surface area contributed by atoms with Crippen LogP contribution in [0.25, 0.3) is 0 Å². The average Bonchev–Trinajstić information content (AvgIpc) is 2.79. The molecule has 9 nitrogen and oxygen atoms in total. The number of rotatable bonds is 13. The first-order valence-electron chi connectivity index (χ1n) is 11.5. The number of amides is 2. The molecule has 0 spiro atoms. The van der Waals surface area contributed by atoms with E-state index in [9.17, 15) is 19.2 Å². The lowest BCUT2D eigenvalue weighted by molar-refractivity contribution is -0.157. The fourth-order valence-corrected chi connectivity index (χ4v) is 3.22. The molecular weight excluding hydrogens is 452 g/mol. The summed E-state index contributed by atoms with van der Waals surface area (Å²) < 4.78 is 15.2. The van der Waals surface area contributed by atoms with Crippen LogP contribution in [0.15, 0.2) is 36.9 Å². The van der Waals surface area contributed by atoms with Crippen molar-refractivity contribution in [3.63, 3.8) is 0 Å².